The first-order valence-corrected chi connectivity index (χ1v) is 6.46. The molecule has 1 aromatic rings. The Morgan fingerprint density at radius 2 is 2.05 bits per heavy atom. The van der Waals surface area contributed by atoms with Gasteiger partial charge in [0, 0.05) is 12.6 Å². The van der Waals surface area contributed by atoms with Gasteiger partial charge in [-0.3, -0.25) is 4.79 Å². The van der Waals surface area contributed by atoms with Crippen LogP contribution in [0.3, 0.4) is 0 Å². The number of nitrogens with zero attached hydrogens (tertiary/aromatic N) is 1. The van der Waals surface area contributed by atoms with Crippen molar-refractivity contribution in [3.05, 3.63) is 35.4 Å². The Morgan fingerprint density at radius 3 is 2.58 bits per heavy atom. The molecule has 1 fully saturated rings. The molecule has 0 atom stereocenters. The van der Waals surface area contributed by atoms with E-state index in [4.69, 9.17) is 5.11 Å². The summed E-state index contributed by atoms with van der Waals surface area (Å²) in [6, 6.07) is 3.67. The summed E-state index contributed by atoms with van der Waals surface area (Å²) in [4.78, 5) is 13.8. The molecule has 1 aromatic carbocycles. The van der Waals surface area contributed by atoms with Gasteiger partial charge in [0.05, 0.1) is 13.0 Å². The zero-order chi connectivity index (χ0) is 13.8. The lowest BCUT2D eigenvalue weighted by Gasteiger charge is -2.37. The van der Waals surface area contributed by atoms with Crippen LogP contribution in [-0.4, -0.2) is 35.1 Å². The predicted molar refractivity (Wildman–Crippen MR) is 66.5 cm³/mol. The van der Waals surface area contributed by atoms with Gasteiger partial charge in [-0.2, -0.15) is 0 Å². The van der Waals surface area contributed by atoms with Gasteiger partial charge in [-0.15, -0.1) is 0 Å². The van der Waals surface area contributed by atoms with Crippen LogP contribution in [0.15, 0.2) is 18.2 Å². The van der Waals surface area contributed by atoms with Crippen LogP contribution in [0, 0.1) is 11.6 Å². The van der Waals surface area contributed by atoms with Gasteiger partial charge >= 0.3 is 0 Å². The number of aliphatic hydroxyl groups excluding tert-OH is 1. The van der Waals surface area contributed by atoms with Crippen molar-refractivity contribution in [1.82, 2.24) is 4.90 Å². The van der Waals surface area contributed by atoms with E-state index in [0.717, 1.165) is 31.4 Å². The van der Waals surface area contributed by atoms with E-state index in [-0.39, 0.29) is 25.0 Å². The maximum Gasteiger partial charge on any atom is 0.227 e. The molecule has 0 unspecified atom stereocenters. The molecule has 1 N–H and O–H groups in total. The van der Waals surface area contributed by atoms with Crippen LogP contribution in [-0.2, 0) is 11.2 Å². The van der Waals surface area contributed by atoms with Gasteiger partial charge in [-0.25, -0.2) is 8.78 Å². The van der Waals surface area contributed by atoms with E-state index >= 15 is 0 Å². The average Bonchev–Trinajstić information content (AvgIpc) is 2.31. The van der Waals surface area contributed by atoms with Crippen molar-refractivity contribution in [3.63, 3.8) is 0 Å². The highest BCUT2D eigenvalue weighted by Gasteiger charge is 2.28. The molecule has 3 nitrogen and oxygen atoms in total. The summed E-state index contributed by atoms with van der Waals surface area (Å²) in [5, 5.41) is 9.00. The third-order valence-electron chi connectivity index (χ3n) is 3.52. The standard InChI is InChI=1S/C14H17F2NO2/c15-12-5-4-10(8-13(12)16)9-14(19)17(6-7-18)11-2-1-3-11/h4-5,8,11,18H,1-3,6-7,9H2. The van der Waals surface area contributed by atoms with Crippen LogP contribution >= 0.6 is 0 Å². The lowest BCUT2D eigenvalue weighted by Crippen LogP contribution is -2.46. The van der Waals surface area contributed by atoms with E-state index in [0.29, 0.717) is 12.1 Å². The smallest absolute Gasteiger partial charge is 0.227 e. The molecule has 0 bridgehead atoms. The fraction of sp³-hybridized carbons (Fsp3) is 0.500. The molecule has 0 radical (unpaired) electrons. The zero-order valence-electron chi connectivity index (χ0n) is 10.6. The number of hydrogen-bond acceptors (Lipinski definition) is 2. The molecule has 1 amide bonds. The van der Waals surface area contributed by atoms with E-state index in [2.05, 4.69) is 0 Å². The van der Waals surface area contributed by atoms with E-state index in [1.165, 1.54) is 6.07 Å². The number of benzene rings is 1. The molecule has 1 saturated carbocycles. The quantitative estimate of drug-likeness (QED) is 0.886. The van der Waals surface area contributed by atoms with E-state index in [1.54, 1.807) is 4.90 Å². The second-order valence-corrected chi connectivity index (χ2v) is 4.82. The fourth-order valence-corrected chi connectivity index (χ4v) is 2.24. The number of carbonyl (C=O) groups is 1. The minimum Gasteiger partial charge on any atom is -0.395 e. The average molecular weight is 269 g/mol. The first kappa shape index (κ1) is 13.9. The van der Waals surface area contributed by atoms with Gasteiger partial charge in [0.25, 0.3) is 0 Å². The molecule has 0 aromatic heterocycles. The largest absolute Gasteiger partial charge is 0.395 e. The van der Waals surface area contributed by atoms with Gasteiger partial charge in [-0.1, -0.05) is 6.07 Å². The van der Waals surface area contributed by atoms with Crippen molar-refractivity contribution >= 4 is 5.91 Å². The predicted octanol–water partition coefficient (Wildman–Crippen LogP) is 1.88. The Kier molecular flexibility index (Phi) is 4.47. The fourth-order valence-electron chi connectivity index (χ4n) is 2.24. The number of rotatable bonds is 5. The Bertz CT molecular complexity index is 461. The van der Waals surface area contributed by atoms with Crippen molar-refractivity contribution < 1.29 is 18.7 Å². The maximum atomic E-state index is 13.1. The minimum atomic E-state index is -0.942. The molecular weight excluding hydrogens is 252 g/mol. The number of aliphatic hydroxyl groups is 1. The van der Waals surface area contributed by atoms with Crippen LogP contribution in [0.1, 0.15) is 24.8 Å². The third-order valence-corrected chi connectivity index (χ3v) is 3.52. The van der Waals surface area contributed by atoms with Crippen molar-refractivity contribution in [2.24, 2.45) is 0 Å². The Labute approximate surface area is 110 Å². The third kappa shape index (κ3) is 3.29. The van der Waals surface area contributed by atoms with Gasteiger partial charge in [0.1, 0.15) is 0 Å². The van der Waals surface area contributed by atoms with Crippen LogP contribution in [0.25, 0.3) is 0 Å². The summed E-state index contributed by atoms with van der Waals surface area (Å²) in [6.45, 7) is 0.215. The first-order valence-electron chi connectivity index (χ1n) is 6.46. The van der Waals surface area contributed by atoms with Crippen LogP contribution in [0.2, 0.25) is 0 Å². The molecule has 19 heavy (non-hydrogen) atoms. The second kappa shape index (κ2) is 6.10. The first-order chi connectivity index (χ1) is 9.11. The molecule has 0 heterocycles. The molecular formula is C14H17F2NO2. The zero-order valence-corrected chi connectivity index (χ0v) is 10.6. The normalized spacial score (nSPS) is 15.1. The molecule has 0 saturated heterocycles. The number of carbonyl (C=O) groups excluding carboxylic acids is 1. The summed E-state index contributed by atoms with van der Waals surface area (Å²) in [7, 11) is 0. The molecule has 1 aliphatic carbocycles. The highest BCUT2D eigenvalue weighted by Crippen LogP contribution is 2.25. The van der Waals surface area contributed by atoms with Crippen LogP contribution in [0.4, 0.5) is 8.78 Å². The van der Waals surface area contributed by atoms with Crippen molar-refractivity contribution in [3.8, 4) is 0 Å². The van der Waals surface area contributed by atoms with E-state index in [9.17, 15) is 13.6 Å². The van der Waals surface area contributed by atoms with E-state index < -0.39 is 11.6 Å². The monoisotopic (exact) mass is 269 g/mol. The number of hydrogen-bond donors (Lipinski definition) is 1. The van der Waals surface area contributed by atoms with Gasteiger partial charge in [-0.05, 0) is 37.0 Å². The lowest BCUT2D eigenvalue weighted by atomic mass is 9.91. The molecule has 5 heteroatoms. The summed E-state index contributed by atoms with van der Waals surface area (Å²) in [6.07, 6.45) is 3.02. The summed E-state index contributed by atoms with van der Waals surface area (Å²) in [5.41, 5.74) is 0.450. The van der Waals surface area contributed by atoms with Crippen molar-refractivity contribution in [1.29, 1.82) is 0 Å². The molecule has 0 spiro atoms. The summed E-state index contributed by atoms with van der Waals surface area (Å²) >= 11 is 0. The van der Waals surface area contributed by atoms with Crippen molar-refractivity contribution in [2.45, 2.75) is 31.7 Å². The van der Waals surface area contributed by atoms with E-state index in [1.807, 2.05) is 0 Å². The van der Waals surface area contributed by atoms with Crippen molar-refractivity contribution in [2.75, 3.05) is 13.2 Å². The molecule has 1 aliphatic rings. The Balaban J connectivity index is 2.03. The number of halogens is 2. The highest BCUT2D eigenvalue weighted by atomic mass is 19.2. The highest BCUT2D eigenvalue weighted by molar-refractivity contribution is 5.79. The summed E-state index contributed by atoms with van der Waals surface area (Å²) in [5.74, 6) is -2.00. The SMILES string of the molecule is O=C(Cc1ccc(F)c(F)c1)N(CCO)C1CCC1. The molecule has 2 rings (SSSR count). The Morgan fingerprint density at radius 1 is 1.32 bits per heavy atom. The second-order valence-electron chi connectivity index (χ2n) is 4.82. The summed E-state index contributed by atoms with van der Waals surface area (Å²) < 4.78 is 25.9. The van der Waals surface area contributed by atoms with Gasteiger partial charge in [0.15, 0.2) is 11.6 Å². The maximum absolute atomic E-state index is 13.1. The Hall–Kier alpha value is -1.49. The van der Waals surface area contributed by atoms with Crippen LogP contribution < -0.4 is 0 Å². The van der Waals surface area contributed by atoms with Crippen LogP contribution in [0.5, 0.6) is 0 Å². The lowest BCUT2D eigenvalue weighted by molar-refractivity contribution is -0.135. The molecule has 104 valence electrons. The van der Waals surface area contributed by atoms with Gasteiger partial charge in [0.2, 0.25) is 5.91 Å². The minimum absolute atomic E-state index is 0.0354. The topological polar surface area (TPSA) is 40.5 Å². The number of amides is 1. The molecule has 0 aliphatic heterocycles. The van der Waals surface area contributed by atoms with Gasteiger partial charge < -0.3 is 10.0 Å².